The molecular formula is C26H23ClN4O4. The van der Waals surface area contributed by atoms with Gasteiger partial charge in [-0.25, -0.2) is 9.80 Å². The molecule has 35 heavy (non-hydrogen) atoms. The van der Waals surface area contributed by atoms with E-state index in [1.807, 2.05) is 37.3 Å². The number of urea groups is 1. The molecule has 1 aromatic heterocycles. The number of benzene rings is 2. The molecule has 5 rings (SSSR count). The summed E-state index contributed by atoms with van der Waals surface area (Å²) in [5.41, 5.74) is 0.974. The standard InChI is InChI=1S/C26H23ClN4O4/c1-2-26(18-7-4-3-5-8-18)24(33)30(25(34)28-26)16-23(32)31-21(22-9-6-14-35-22)15-20(29-31)17-10-12-19(27)13-11-17/h3-14,21H,2,15-16H2,1H3,(H,28,34). The van der Waals surface area contributed by atoms with Crippen molar-refractivity contribution < 1.29 is 18.8 Å². The van der Waals surface area contributed by atoms with Gasteiger partial charge >= 0.3 is 6.03 Å². The van der Waals surface area contributed by atoms with Gasteiger partial charge in [0.1, 0.15) is 23.9 Å². The van der Waals surface area contributed by atoms with Crippen LogP contribution in [0.15, 0.2) is 82.5 Å². The predicted molar refractivity (Wildman–Crippen MR) is 130 cm³/mol. The molecule has 8 nitrogen and oxygen atoms in total. The molecule has 9 heteroatoms. The Bertz CT molecular complexity index is 1290. The fourth-order valence-electron chi connectivity index (χ4n) is 4.60. The maximum absolute atomic E-state index is 13.5. The summed E-state index contributed by atoms with van der Waals surface area (Å²) in [6.07, 6.45) is 2.30. The molecule has 3 aromatic rings. The number of rotatable bonds is 6. The molecule has 0 radical (unpaired) electrons. The summed E-state index contributed by atoms with van der Waals surface area (Å²) >= 11 is 6.01. The van der Waals surface area contributed by atoms with Crippen LogP contribution in [-0.2, 0) is 15.1 Å². The number of hydrogen-bond donors (Lipinski definition) is 1. The Morgan fingerprint density at radius 3 is 2.51 bits per heavy atom. The minimum atomic E-state index is -1.21. The summed E-state index contributed by atoms with van der Waals surface area (Å²) in [6.45, 7) is 1.39. The van der Waals surface area contributed by atoms with Crippen LogP contribution in [0.2, 0.25) is 5.02 Å². The Labute approximate surface area is 207 Å². The van der Waals surface area contributed by atoms with E-state index in [0.717, 1.165) is 10.5 Å². The average Bonchev–Trinajstić information content (AvgIpc) is 3.61. The fraction of sp³-hybridized carbons (Fsp3) is 0.231. The fourth-order valence-corrected chi connectivity index (χ4v) is 4.73. The summed E-state index contributed by atoms with van der Waals surface area (Å²) < 4.78 is 5.57. The molecule has 2 unspecified atom stereocenters. The van der Waals surface area contributed by atoms with Gasteiger partial charge in [-0.2, -0.15) is 5.10 Å². The Morgan fingerprint density at radius 1 is 1.11 bits per heavy atom. The van der Waals surface area contributed by atoms with Gasteiger partial charge in [-0.15, -0.1) is 0 Å². The second-order valence-electron chi connectivity index (χ2n) is 8.47. The third-order valence-electron chi connectivity index (χ3n) is 6.48. The van der Waals surface area contributed by atoms with E-state index in [2.05, 4.69) is 10.4 Å². The van der Waals surface area contributed by atoms with Gasteiger partial charge in [0.2, 0.25) is 0 Å². The van der Waals surface area contributed by atoms with Crippen LogP contribution in [0.5, 0.6) is 0 Å². The number of nitrogens with zero attached hydrogens (tertiary/aromatic N) is 3. The SMILES string of the molecule is CCC1(c2ccccc2)NC(=O)N(CC(=O)N2N=C(c3ccc(Cl)cc3)CC2c2ccco2)C1=O. The smallest absolute Gasteiger partial charge is 0.325 e. The Kier molecular flexibility index (Phi) is 5.90. The van der Waals surface area contributed by atoms with Crippen LogP contribution in [0, 0.1) is 0 Å². The largest absolute Gasteiger partial charge is 0.467 e. The second-order valence-corrected chi connectivity index (χ2v) is 8.91. The highest BCUT2D eigenvalue weighted by Crippen LogP contribution is 2.35. The first-order valence-electron chi connectivity index (χ1n) is 11.3. The normalized spacial score (nSPS) is 21.9. The highest BCUT2D eigenvalue weighted by atomic mass is 35.5. The van der Waals surface area contributed by atoms with Crippen LogP contribution >= 0.6 is 11.6 Å². The summed E-state index contributed by atoms with van der Waals surface area (Å²) in [6, 6.07) is 18.7. The van der Waals surface area contributed by atoms with E-state index in [-0.39, 0.29) is 0 Å². The maximum Gasteiger partial charge on any atom is 0.325 e. The quantitative estimate of drug-likeness (QED) is 0.516. The number of furan rings is 1. The van der Waals surface area contributed by atoms with Crippen molar-refractivity contribution in [2.45, 2.75) is 31.3 Å². The first-order chi connectivity index (χ1) is 16.9. The van der Waals surface area contributed by atoms with Crippen molar-refractivity contribution in [1.29, 1.82) is 0 Å². The van der Waals surface area contributed by atoms with Crippen molar-refractivity contribution in [3.8, 4) is 0 Å². The number of nitrogens with one attached hydrogen (secondary N) is 1. The van der Waals surface area contributed by atoms with E-state index in [1.165, 1.54) is 11.3 Å². The van der Waals surface area contributed by atoms with Gasteiger partial charge in [-0.05, 0) is 41.8 Å². The van der Waals surface area contributed by atoms with E-state index in [1.54, 1.807) is 36.4 Å². The molecule has 3 heterocycles. The summed E-state index contributed by atoms with van der Waals surface area (Å²) in [4.78, 5) is 40.7. The van der Waals surface area contributed by atoms with Crippen molar-refractivity contribution in [3.05, 3.63) is 94.9 Å². The maximum atomic E-state index is 13.5. The van der Waals surface area contributed by atoms with Gasteiger partial charge < -0.3 is 9.73 Å². The van der Waals surface area contributed by atoms with Gasteiger partial charge in [-0.1, -0.05) is 61.0 Å². The Balaban J connectivity index is 1.42. The highest BCUT2D eigenvalue weighted by molar-refractivity contribution is 6.30. The van der Waals surface area contributed by atoms with Crippen LogP contribution in [0.4, 0.5) is 4.79 Å². The van der Waals surface area contributed by atoms with E-state index in [9.17, 15) is 14.4 Å². The third kappa shape index (κ3) is 4.00. The van der Waals surface area contributed by atoms with Crippen molar-refractivity contribution in [3.63, 3.8) is 0 Å². The number of hydrogen-bond acceptors (Lipinski definition) is 5. The van der Waals surface area contributed by atoms with Crippen LogP contribution in [0.25, 0.3) is 0 Å². The van der Waals surface area contributed by atoms with Gasteiger partial charge in [-0.3, -0.25) is 14.5 Å². The molecule has 1 N–H and O–H groups in total. The van der Waals surface area contributed by atoms with Crippen molar-refractivity contribution in [1.82, 2.24) is 15.2 Å². The van der Waals surface area contributed by atoms with Crippen molar-refractivity contribution >= 4 is 35.2 Å². The topological polar surface area (TPSA) is 95.2 Å². The van der Waals surface area contributed by atoms with Gasteiger partial charge in [0.25, 0.3) is 11.8 Å². The molecule has 0 aliphatic carbocycles. The molecule has 0 saturated carbocycles. The lowest BCUT2D eigenvalue weighted by molar-refractivity contribution is -0.140. The second kappa shape index (κ2) is 9.03. The van der Waals surface area contributed by atoms with Gasteiger partial charge in [0, 0.05) is 11.4 Å². The van der Waals surface area contributed by atoms with Crippen LogP contribution in [-0.4, -0.2) is 40.0 Å². The summed E-state index contributed by atoms with van der Waals surface area (Å²) in [7, 11) is 0. The Hall–Kier alpha value is -3.91. The van der Waals surface area contributed by atoms with E-state index in [4.69, 9.17) is 16.0 Å². The lowest BCUT2D eigenvalue weighted by atomic mass is 9.87. The number of halogens is 1. The van der Waals surface area contributed by atoms with E-state index >= 15 is 0 Å². The molecule has 1 saturated heterocycles. The number of hydrazone groups is 1. The van der Waals surface area contributed by atoms with E-state index in [0.29, 0.717) is 34.9 Å². The molecule has 2 aliphatic rings. The van der Waals surface area contributed by atoms with Crippen molar-refractivity contribution in [2.24, 2.45) is 5.10 Å². The highest BCUT2D eigenvalue weighted by Gasteiger charge is 2.52. The number of imide groups is 1. The zero-order valence-electron chi connectivity index (χ0n) is 19.0. The minimum Gasteiger partial charge on any atom is -0.467 e. The van der Waals surface area contributed by atoms with Crippen LogP contribution in [0.1, 0.15) is 42.7 Å². The van der Waals surface area contributed by atoms with Crippen LogP contribution in [0.3, 0.4) is 0 Å². The molecule has 0 spiro atoms. The number of carbonyl (C=O) groups excluding carboxylic acids is 3. The molecule has 0 bridgehead atoms. The molecule has 1 fully saturated rings. The third-order valence-corrected chi connectivity index (χ3v) is 6.73. The lowest BCUT2D eigenvalue weighted by Gasteiger charge is -2.26. The zero-order chi connectivity index (χ0) is 24.6. The molecule has 2 atom stereocenters. The first kappa shape index (κ1) is 22.9. The van der Waals surface area contributed by atoms with Gasteiger partial charge in [0.05, 0.1) is 12.0 Å². The molecule has 2 aliphatic heterocycles. The monoisotopic (exact) mass is 490 g/mol. The Morgan fingerprint density at radius 2 is 1.86 bits per heavy atom. The number of carbonyl (C=O) groups is 3. The molecule has 2 aromatic carbocycles. The number of amides is 4. The lowest BCUT2D eigenvalue weighted by Crippen LogP contribution is -2.45. The molecule has 4 amide bonds. The van der Waals surface area contributed by atoms with Crippen LogP contribution < -0.4 is 5.32 Å². The molecule has 178 valence electrons. The summed E-state index contributed by atoms with van der Waals surface area (Å²) in [5, 5.41) is 9.27. The molecular weight excluding hydrogens is 468 g/mol. The average molecular weight is 491 g/mol. The first-order valence-corrected chi connectivity index (χ1v) is 11.7. The predicted octanol–water partition coefficient (Wildman–Crippen LogP) is 4.47. The van der Waals surface area contributed by atoms with Gasteiger partial charge in [0.15, 0.2) is 0 Å². The summed E-state index contributed by atoms with van der Waals surface area (Å²) in [5.74, 6) is -0.380. The van der Waals surface area contributed by atoms with E-state index < -0.39 is 36.0 Å². The zero-order valence-corrected chi connectivity index (χ0v) is 19.7. The van der Waals surface area contributed by atoms with Crippen molar-refractivity contribution in [2.75, 3.05) is 6.54 Å². The minimum absolute atomic E-state index is 0.351.